The van der Waals surface area contributed by atoms with Gasteiger partial charge in [-0.1, -0.05) is 18.2 Å². The van der Waals surface area contributed by atoms with Crippen LogP contribution >= 0.6 is 0 Å². The standard InChI is InChI=1S/C12H18N2O/c1-9(2)15-11-6-4-3-5-10(11)12(13)7-14-8-12/h3-6,9,14H,7-8,13H2,1-2H3. The highest BCUT2D eigenvalue weighted by Crippen LogP contribution is 2.31. The Balaban J connectivity index is 2.29. The number of hydrogen-bond acceptors (Lipinski definition) is 3. The Bertz CT molecular complexity index is 345. The molecule has 1 fully saturated rings. The van der Waals surface area contributed by atoms with Gasteiger partial charge in [0.05, 0.1) is 11.6 Å². The average molecular weight is 206 g/mol. The third-order valence-corrected chi connectivity index (χ3v) is 2.67. The lowest BCUT2D eigenvalue weighted by Gasteiger charge is -2.40. The van der Waals surface area contributed by atoms with Gasteiger partial charge in [-0.2, -0.15) is 0 Å². The Hall–Kier alpha value is -1.06. The lowest BCUT2D eigenvalue weighted by molar-refractivity contribution is 0.221. The molecule has 1 aromatic carbocycles. The van der Waals surface area contributed by atoms with Crippen molar-refractivity contribution < 1.29 is 4.74 Å². The summed E-state index contributed by atoms with van der Waals surface area (Å²) in [7, 11) is 0. The lowest BCUT2D eigenvalue weighted by Crippen LogP contribution is -2.62. The molecule has 82 valence electrons. The first-order chi connectivity index (χ1) is 7.12. The van der Waals surface area contributed by atoms with E-state index in [4.69, 9.17) is 10.5 Å². The summed E-state index contributed by atoms with van der Waals surface area (Å²) >= 11 is 0. The summed E-state index contributed by atoms with van der Waals surface area (Å²) < 4.78 is 5.76. The molecular formula is C12H18N2O. The molecule has 0 aliphatic carbocycles. The Morgan fingerprint density at radius 3 is 2.53 bits per heavy atom. The molecule has 0 radical (unpaired) electrons. The second-order valence-electron chi connectivity index (χ2n) is 4.42. The molecule has 0 atom stereocenters. The summed E-state index contributed by atoms with van der Waals surface area (Å²) in [5.74, 6) is 0.913. The monoisotopic (exact) mass is 206 g/mol. The van der Waals surface area contributed by atoms with Gasteiger partial charge in [-0.15, -0.1) is 0 Å². The highest BCUT2D eigenvalue weighted by molar-refractivity contribution is 5.41. The van der Waals surface area contributed by atoms with Gasteiger partial charge < -0.3 is 15.8 Å². The van der Waals surface area contributed by atoms with E-state index in [-0.39, 0.29) is 11.6 Å². The fourth-order valence-corrected chi connectivity index (χ4v) is 1.82. The molecule has 0 spiro atoms. The van der Waals surface area contributed by atoms with E-state index in [2.05, 4.69) is 11.4 Å². The number of benzene rings is 1. The molecule has 0 bridgehead atoms. The molecule has 0 aromatic heterocycles. The number of para-hydroxylation sites is 1. The molecule has 1 aliphatic rings. The van der Waals surface area contributed by atoms with Crippen LogP contribution in [0, 0.1) is 0 Å². The van der Waals surface area contributed by atoms with Gasteiger partial charge in [0.15, 0.2) is 0 Å². The fraction of sp³-hybridized carbons (Fsp3) is 0.500. The molecule has 3 nitrogen and oxygen atoms in total. The zero-order valence-corrected chi connectivity index (χ0v) is 9.29. The van der Waals surface area contributed by atoms with E-state index in [1.54, 1.807) is 0 Å². The molecule has 0 saturated carbocycles. The SMILES string of the molecule is CC(C)Oc1ccccc1C1(N)CNC1. The summed E-state index contributed by atoms with van der Waals surface area (Å²) in [4.78, 5) is 0. The number of hydrogen-bond donors (Lipinski definition) is 2. The van der Waals surface area contributed by atoms with Crippen LogP contribution in [-0.2, 0) is 5.54 Å². The normalized spacial score (nSPS) is 18.7. The van der Waals surface area contributed by atoms with Gasteiger partial charge in [0.25, 0.3) is 0 Å². The average Bonchev–Trinajstić information content (AvgIpc) is 2.14. The molecule has 1 heterocycles. The maximum atomic E-state index is 6.26. The molecule has 15 heavy (non-hydrogen) atoms. The first kappa shape index (κ1) is 10.5. The minimum absolute atomic E-state index is 0.183. The Labute approximate surface area is 90.6 Å². The van der Waals surface area contributed by atoms with Crippen molar-refractivity contribution in [1.82, 2.24) is 5.32 Å². The van der Waals surface area contributed by atoms with Crippen LogP contribution in [0.2, 0.25) is 0 Å². The minimum Gasteiger partial charge on any atom is -0.491 e. The predicted molar refractivity (Wildman–Crippen MR) is 60.9 cm³/mol. The van der Waals surface area contributed by atoms with Crippen LogP contribution in [0.1, 0.15) is 19.4 Å². The molecular weight excluding hydrogens is 188 g/mol. The molecule has 0 unspecified atom stereocenters. The van der Waals surface area contributed by atoms with Crippen molar-refractivity contribution >= 4 is 0 Å². The molecule has 3 heteroatoms. The predicted octanol–water partition coefficient (Wildman–Crippen LogP) is 1.23. The van der Waals surface area contributed by atoms with Gasteiger partial charge >= 0.3 is 0 Å². The van der Waals surface area contributed by atoms with Gasteiger partial charge in [0.2, 0.25) is 0 Å². The molecule has 2 rings (SSSR count). The quantitative estimate of drug-likeness (QED) is 0.782. The van der Waals surface area contributed by atoms with E-state index in [9.17, 15) is 0 Å². The van der Waals surface area contributed by atoms with Crippen LogP contribution in [0.15, 0.2) is 24.3 Å². The zero-order valence-electron chi connectivity index (χ0n) is 9.29. The number of rotatable bonds is 3. The van der Waals surface area contributed by atoms with Gasteiger partial charge in [-0.3, -0.25) is 0 Å². The van der Waals surface area contributed by atoms with Crippen LogP contribution in [-0.4, -0.2) is 19.2 Å². The topological polar surface area (TPSA) is 47.3 Å². The smallest absolute Gasteiger partial charge is 0.124 e. The van der Waals surface area contributed by atoms with Crippen LogP contribution in [0.5, 0.6) is 5.75 Å². The first-order valence-electron chi connectivity index (χ1n) is 5.37. The summed E-state index contributed by atoms with van der Waals surface area (Å²) in [6.07, 6.45) is 0.183. The van der Waals surface area contributed by atoms with Crippen molar-refractivity contribution in [2.24, 2.45) is 5.73 Å². The van der Waals surface area contributed by atoms with Crippen molar-refractivity contribution in [2.75, 3.05) is 13.1 Å². The van der Waals surface area contributed by atoms with Crippen LogP contribution in [0.4, 0.5) is 0 Å². The molecule has 1 aliphatic heterocycles. The van der Waals surface area contributed by atoms with E-state index in [0.29, 0.717) is 0 Å². The molecule has 0 amide bonds. The van der Waals surface area contributed by atoms with Gasteiger partial charge in [0.1, 0.15) is 5.75 Å². The highest BCUT2D eigenvalue weighted by atomic mass is 16.5. The summed E-state index contributed by atoms with van der Waals surface area (Å²) in [5, 5.41) is 3.20. The van der Waals surface area contributed by atoms with Gasteiger partial charge in [-0.25, -0.2) is 0 Å². The maximum absolute atomic E-state index is 6.26. The van der Waals surface area contributed by atoms with E-state index in [0.717, 1.165) is 24.4 Å². The zero-order chi connectivity index (χ0) is 10.9. The third kappa shape index (κ3) is 1.98. The number of nitrogens with two attached hydrogens (primary N) is 1. The highest BCUT2D eigenvalue weighted by Gasteiger charge is 2.36. The number of nitrogens with one attached hydrogen (secondary N) is 1. The van der Waals surface area contributed by atoms with Crippen LogP contribution < -0.4 is 15.8 Å². The second kappa shape index (κ2) is 3.83. The lowest BCUT2D eigenvalue weighted by atomic mass is 9.85. The Kier molecular flexibility index (Phi) is 2.67. The van der Waals surface area contributed by atoms with Gasteiger partial charge in [-0.05, 0) is 19.9 Å². The molecule has 1 aromatic rings. The second-order valence-corrected chi connectivity index (χ2v) is 4.42. The van der Waals surface area contributed by atoms with E-state index in [1.807, 2.05) is 32.0 Å². The van der Waals surface area contributed by atoms with Crippen molar-refractivity contribution in [1.29, 1.82) is 0 Å². The Morgan fingerprint density at radius 1 is 1.33 bits per heavy atom. The van der Waals surface area contributed by atoms with Gasteiger partial charge in [0, 0.05) is 18.7 Å². The van der Waals surface area contributed by atoms with Crippen molar-refractivity contribution in [3.63, 3.8) is 0 Å². The Morgan fingerprint density at radius 2 is 2.00 bits per heavy atom. The summed E-state index contributed by atoms with van der Waals surface area (Å²) in [6, 6.07) is 8.03. The van der Waals surface area contributed by atoms with E-state index < -0.39 is 0 Å². The van der Waals surface area contributed by atoms with Crippen LogP contribution in [0.3, 0.4) is 0 Å². The van der Waals surface area contributed by atoms with Crippen molar-refractivity contribution in [3.8, 4) is 5.75 Å². The third-order valence-electron chi connectivity index (χ3n) is 2.67. The molecule has 1 saturated heterocycles. The first-order valence-corrected chi connectivity index (χ1v) is 5.37. The minimum atomic E-state index is -0.245. The fourth-order valence-electron chi connectivity index (χ4n) is 1.82. The molecule has 3 N–H and O–H groups in total. The largest absolute Gasteiger partial charge is 0.491 e. The van der Waals surface area contributed by atoms with Crippen molar-refractivity contribution in [3.05, 3.63) is 29.8 Å². The maximum Gasteiger partial charge on any atom is 0.124 e. The van der Waals surface area contributed by atoms with E-state index >= 15 is 0 Å². The number of ether oxygens (including phenoxy) is 1. The van der Waals surface area contributed by atoms with Crippen LogP contribution in [0.25, 0.3) is 0 Å². The van der Waals surface area contributed by atoms with E-state index in [1.165, 1.54) is 0 Å². The van der Waals surface area contributed by atoms with Crippen molar-refractivity contribution in [2.45, 2.75) is 25.5 Å². The summed E-state index contributed by atoms with van der Waals surface area (Å²) in [6.45, 7) is 5.70. The summed E-state index contributed by atoms with van der Waals surface area (Å²) in [5.41, 5.74) is 7.12.